The third kappa shape index (κ3) is 2.99. The maximum Gasteiger partial charge on any atom is 0.311 e. The maximum atomic E-state index is 11.6. The first-order valence-electron chi connectivity index (χ1n) is 6.53. The molecule has 2 aromatic rings. The predicted molar refractivity (Wildman–Crippen MR) is 78.3 cm³/mol. The summed E-state index contributed by atoms with van der Waals surface area (Å²) in [6.45, 7) is 1.94. The highest BCUT2D eigenvalue weighted by molar-refractivity contribution is 5.77. The van der Waals surface area contributed by atoms with E-state index in [9.17, 15) is 9.90 Å². The zero-order chi connectivity index (χ0) is 14.5. The normalized spacial score (nSPS) is 11.9. The van der Waals surface area contributed by atoms with Crippen molar-refractivity contribution in [2.45, 2.75) is 19.3 Å². The lowest BCUT2D eigenvalue weighted by Gasteiger charge is -2.17. The molecule has 0 saturated carbocycles. The van der Waals surface area contributed by atoms with Crippen molar-refractivity contribution < 1.29 is 14.6 Å². The highest BCUT2D eigenvalue weighted by Gasteiger charge is 2.23. The van der Waals surface area contributed by atoms with Crippen molar-refractivity contribution in [3.63, 3.8) is 0 Å². The molecule has 104 valence electrons. The molecule has 0 fully saturated rings. The molecule has 0 spiro atoms. The summed E-state index contributed by atoms with van der Waals surface area (Å²) >= 11 is 0. The van der Waals surface area contributed by atoms with Gasteiger partial charge in [-0.2, -0.15) is 0 Å². The Morgan fingerprint density at radius 2 is 1.80 bits per heavy atom. The van der Waals surface area contributed by atoms with Gasteiger partial charge in [0.05, 0.1) is 13.0 Å². The van der Waals surface area contributed by atoms with E-state index in [0.29, 0.717) is 6.42 Å². The minimum absolute atomic E-state index is 0.421. The number of hydrogen-bond donors (Lipinski definition) is 1. The number of hydrogen-bond acceptors (Lipinski definition) is 2. The Hall–Kier alpha value is -2.29. The van der Waals surface area contributed by atoms with Crippen molar-refractivity contribution in [1.82, 2.24) is 0 Å². The van der Waals surface area contributed by atoms with Crippen molar-refractivity contribution in [3.8, 4) is 5.75 Å². The Labute approximate surface area is 118 Å². The van der Waals surface area contributed by atoms with E-state index in [1.807, 2.05) is 55.5 Å². The number of aryl methyl sites for hydroxylation is 1. The van der Waals surface area contributed by atoms with Crippen molar-refractivity contribution in [2.24, 2.45) is 0 Å². The highest BCUT2D eigenvalue weighted by Crippen LogP contribution is 2.28. The van der Waals surface area contributed by atoms with Crippen LogP contribution in [0.4, 0.5) is 0 Å². The van der Waals surface area contributed by atoms with Crippen LogP contribution in [0.3, 0.4) is 0 Å². The van der Waals surface area contributed by atoms with Gasteiger partial charge in [0.1, 0.15) is 5.75 Å². The smallest absolute Gasteiger partial charge is 0.311 e. The summed E-state index contributed by atoms with van der Waals surface area (Å²) in [4.78, 5) is 11.6. The van der Waals surface area contributed by atoms with Gasteiger partial charge in [0.25, 0.3) is 0 Å². The van der Waals surface area contributed by atoms with E-state index in [4.69, 9.17) is 4.74 Å². The number of para-hydroxylation sites is 1. The average molecular weight is 270 g/mol. The number of aliphatic carboxylic acids is 1. The number of carbonyl (C=O) groups is 1. The first kappa shape index (κ1) is 14.1. The number of rotatable bonds is 5. The minimum atomic E-state index is -0.815. The van der Waals surface area contributed by atoms with Gasteiger partial charge in [-0.15, -0.1) is 0 Å². The molecule has 0 bridgehead atoms. The van der Waals surface area contributed by atoms with Crippen LogP contribution in [0.25, 0.3) is 0 Å². The largest absolute Gasteiger partial charge is 0.496 e. The number of ether oxygens (including phenoxy) is 1. The van der Waals surface area contributed by atoms with Crippen molar-refractivity contribution in [1.29, 1.82) is 0 Å². The lowest BCUT2D eigenvalue weighted by atomic mass is 9.89. The van der Waals surface area contributed by atoms with Crippen LogP contribution < -0.4 is 4.74 Å². The standard InChI is InChI=1S/C17H18O3/c1-12-7-3-5-9-14(12)15(17(18)19)11-13-8-4-6-10-16(13)20-2/h3-10,15H,11H2,1-2H3,(H,18,19). The summed E-state index contributed by atoms with van der Waals surface area (Å²) in [6.07, 6.45) is 0.421. The first-order chi connectivity index (χ1) is 9.63. The van der Waals surface area contributed by atoms with Gasteiger partial charge in [0, 0.05) is 0 Å². The SMILES string of the molecule is COc1ccccc1CC(C(=O)O)c1ccccc1C. The highest BCUT2D eigenvalue weighted by atomic mass is 16.5. The lowest BCUT2D eigenvalue weighted by molar-refractivity contribution is -0.138. The molecule has 0 aromatic heterocycles. The van der Waals surface area contributed by atoms with E-state index in [2.05, 4.69) is 0 Å². The molecule has 0 radical (unpaired) electrons. The summed E-state index contributed by atoms with van der Waals surface area (Å²) in [7, 11) is 1.60. The maximum absolute atomic E-state index is 11.6. The van der Waals surface area contributed by atoms with Gasteiger partial charge in [-0.25, -0.2) is 0 Å². The Morgan fingerprint density at radius 3 is 2.45 bits per heavy atom. The van der Waals surface area contributed by atoms with E-state index in [0.717, 1.165) is 22.4 Å². The molecule has 2 aromatic carbocycles. The number of carboxylic acids is 1. The van der Waals surface area contributed by atoms with Crippen molar-refractivity contribution >= 4 is 5.97 Å². The van der Waals surface area contributed by atoms with E-state index in [1.165, 1.54) is 0 Å². The number of benzene rings is 2. The van der Waals surface area contributed by atoms with Crippen LogP contribution in [-0.4, -0.2) is 18.2 Å². The van der Waals surface area contributed by atoms with Gasteiger partial charge in [-0.1, -0.05) is 42.5 Å². The van der Waals surface area contributed by atoms with E-state index < -0.39 is 11.9 Å². The van der Waals surface area contributed by atoms with Crippen LogP contribution in [-0.2, 0) is 11.2 Å². The molecule has 0 aliphatic carbocycles. The average Bonchev–Trinajstić information content (AvgIpc) is 2.46. The van der Waals surface area contributed by atoms with Gasteiger partial charge in [-0.3, -0.25) is 4.79 Å². The summed E-state index contributed by atoms with van der Waals surface area (Å²) < 4.78 is 5.30. The molecule has 0 heterocycles. The van der Waals surface area contributed by atoms with Gasteiger partial charge in [-0.05, 0) is 36.1 Å². The third-order valence-electron chi connectivity index (χ3n) is 3.48. The monoisotopic (exact) mass is 270 g/mol. The van der Waals surface area contributed by atoms with Gasteiger partial charge in [0.2, 0.25) is 0 Å². The van der Waals surface area contributed by atoms with Gasteiger partial charge in [0.15, 0.2) is 0 Å². The number of methoxy groups -OCH3 is 1. The molecular weight excluding hydrogens is 252 g/mol. The van der Waals surface area contributed by atoms with Crippen LogP contribution in [0.1, 0.15) is 22.6 Å². The second kappa shape index (κ2) is 6.24. The Morgan fingerprint density at radius 1 is 1.15 bits per heavy atom. The molecule has 0 aliphatic rings. The zero-order valence-corrected chi connectivity index (χ0v) is 11.7. The lowest BCUT2D eigenvalue weighted by Crippen LogP contribution is -2.16. The fraction of sp³-hybridized carbons (Fsp3) is 0.235. The van der Waals surface area contributed by atoms with E-state index in [-0.39, 0.29) is 0 Å². The minimum Gasteiger partial charge on any atom is -0.496 e. The Balaban J connectivity index is 2.36. The topological polar surface area (TPSA) is 46.5 Å². The van der Waals surface area contributed by atoms with E-state index >= 15 is 0 Å². The molecule has 1 N–H and O–H groups in total. The molecule has 3 nitrogen and oxygen atoms in total. The second-order valence-electron chi connectivity index (χ2n) is 4.76. The zero-order valence-electron chi connectivity index (χ0n) is 11.7. The molecule has 1 unspecified atom stereocenters. The fourth-order valence-corrected chi connectivity index (χ4v) is 2.40. The fourth-order valence-electron chi connectivity index (χ4n) is 2.40. The summed E-state index contributed by atoms with van der Waals surface area (Å²) in [5.41, 5.74) is 2.76. The summed E-state index contributed by atoms with van der Waals surface area (Å²) in [5, 5.41) is 9.54. The third-order valence-corrected chi connectivity index (χ3v) is 3.48. The molecule has 3 heteroatoms. The summed E-state index contributed by atoms with van der Waals surface area (Å²) in [5.74, 6) is -0.648. The van der Waals surface area contributed by atoms with Gasteiger partial charge >= 0.3 is 5.97 Å². The van der Waals surface area contributed by atoms with Crippen LogP contribution in [0.15, 0.2) is 48.5 Å². The molecule has 0 aliphatic heterocycles. The van der Waals surface area contributed by atoms with Crippen LogP contribution >= 0.6 is 0 Å². The van der Waals surface area contributed by atoms with Crippen molar-refractivity contribution in [2.75, 3.05) is 7.11 Å². The second-order valence-corrected chi connectivity index (χ2v) is 4.76. The van der Waals surface area contributed by atoms with Crippen molar-refractivity contribution in [3.05, 3.63) is 65.2 Å². The summed E-state index contributed by atoms with van der Waals surface area (Å²) in [6, 6.07) is 15.2. The van der Waals surface area contributed by atoms with E-state index in [1.54, 1.807) is 7.11 Å². The molecule has 20 heavy (non-hydrogen) atoms. The molecular formula is C17H18O3. The Bertz CT molecular complexity index is 605. The molecule has 0 saturated heterocycles. The quantitative estimate of drug-likeness (QED) is 0.905. The first-order valence-corrected chi connectivity index (χ1v) is 6.53. The van der Waals surface area contributed by atoms with Gasteiger partial charge < -0.3 is 9.84 Å². The predicted octanol–water partition coefficient (Wildman–Crippen LogP) is 3.41. The molecule has 1 atom stereocenters. The Kier molecular flexibility index (Phi) is 4.41. The molecule has 2 rings (SSSR count). The van der Waals surface area contributed by atoms with Crippen LogP contribution in [0.5, 0.6) is 5.75 Å². The number of carboxylic acid groups (broad SMARTS) is 1. The van der Waals surface area contributed by atoms with Crippen LogP contribution in [0, 0.1) is 6.92 Å². The van der Waals surface area contributed by atoms with Crippen LogP contribution in [0.2, 0.25) is 0 Å². The molecule has 0 amide bonds.